The minimum Gasteiger partial charge on any atom is -0.506 e. The lowest BCUT2D eigenvalue weighted by molar-refractivity contribution is -0.142. The molecule has 0 radical (unpaired) electrons. The van der Waals surface area contributed by atoms with Gasteiger partial charge in [-0.25, -0.2) is 9.37 Å². The van der Waals surface area contributed by atoms with Gasteiger partial charge in [-0.05, 0) is 87.8 Å². The first kappa shape index (κ1) is 39.6. The third-order valence-corrected chi connectivity index (χ3v) is 8.95. The van der Waals surface area contributed by atoms with Gasteiger partial charge >= 0.3 is 0 Å². The van der Waals surface area contributed by atoms with E-state index in [0.717, 1.165) is 0 Å². The highest BCUT2D eigenvalue weighted by Gasteiger charge is 2.40. The zero-order valence-corrected chi connectivity index (χ0v) is 30.4. The molecule has 1 aromatic carbocycles. The predicted molar refractivity (Wildman–Crippen MR) is 188 cm³/mol. The van der Waals surface area contributed by atoms with Crippen molar-refractivity contribution < 1.29 is 37.9 Å². The van der Waals surface area contributed by atoms with Gasteiger partial charge in [0.05, 0.1) is 12.2 Å². The Morgan fingerprint density at radius 3 is 2.29 bits per heavy atom. The van der Waals surface area contributed by atoms with Crippen molar-refractivity contribution in [2.75, 3.05) is 6.54 Å². The quantitative estimate of drug-likeness (QED) is 0.123. The van der Waals surface area contributed by atoms with E-state index >= 15 is 0 Å². The lowest BCUT2D eigenvalue weighted by atomic mass is 9.96. The number of Topliss-reactive ketones (excluding diaryl/α,β-unsaturated/α-hetero) is 1. The molecule has 4 rings (SSSR count). The van der Waals surface area contributed by atoms with Crippen LogP contribution in [0, 0.1) is 17.7 Å². The number of halogens is 1. The van der Waals surface area contributed by atoms with Crippen LogP contribution in [0.15, 0.2) is 47.0 Å². The number of aromatic hydroxyl groups is 1. The van der Waals surface area contributed by atoms with Gasteiger partial charge in [0.25, 0.3) is 11.8 Å². The third kappa shape index (κ3) is 10.4. The summed E-state index contributed by atoms with van der Waals surface area (Å²) in [5, 5.41) is 25.7. The standard InChI is InChI=1S/C37H48FN7O7/c1-21(2)29(31(48)35-44-43-34(52-35)23-12-14-24(38)15-13-23)41-33(50)27-10-9-19-45(27)36(51)30(22(3)4)40-28(47)11-7-8-18-37(5,6)42-32(49)26-17-16-25(46)20-39-26/h12-17,20-22,27,29-30,46H,7-11,18-19H2,1-6H3,(H,40,47)(H,41,50)(H,42,49)/t27-,29+,30+/m1/s1. The molecule has 4 N–H and O–H groups in total. The number of nitrogens with zero attached hydrogens (tertiary/aromatic N) is 4. The number of unbranched alkanes of at least 4 members (excludes halogenated alkanes) is 1. The number of likely N-dealkylation sites (tertiary alicyclic amines) is 1. The molecule has 1 saturated heterocycles. The van der Waals surface area contributed by atoms with Crippen LogP contribution in [0.5, 0.6) is 5.75 Å². The Morgan fingerprint density at radius 1 is 0.962 bits per heavy atom. The number of ketones is 1. The molecule has 15 heteroatoms. The molecule has 0 spiro atoms. The van der Waals surface area contributed by atoms with E-state index in [9.17, 15) is 33.5 Å². The molecule has 0 bridgehead atoms. The molecule has 2 aromatic heterocycles. The second-order valence-corrected chi connectivity index (χ2v) is 14.4. The summed E-state index contributed by atoms with van der Waals surface area (Å²) in [6.07, 6.45) is 4.07. The smallest absolute Gasteiger partial charge is 0.286 e. The van der Waals surface area contributed by atoms with Gasteiger partial charge in [-0.1, -0.05) is 34.1 Å². The van der Waals surface area contributed by atoms with Gasteiger partial charge in [0, 0.05) is 24.1 Å². The molecule has 4 amide bonds. The SMILES string of the molecule is CC(C)[C@H](NC(=O)[C@H]1CCCN1C(=O)[C@@H](NC(=O)CCCCC(C)(C)NC(=O)c1ccc(O)cn1)C(C)C)C(=O)c1nnc(-c2ccc(F)cc2)o1. The summed E-state index contributed by atoms with van der Waals surface area (Å²) in [7, 11) is 0. The zero-order valence-electron chi connectivity index (χ0n) is 30.4. The first-order valence-electron chi connectivity index (χ1n) is 17.6. The average molecular weight is 722 g/mol. The Hall–Kier alpha value is -5.21. The highest BCUT2D eigenvalue weighted by atomic mass is 19.1. The van der Waals surface area contributed by atoms with E-state index in [2.05, 4.69) is 31.1 Å². The number of aromatic nitrogens is 3. The minimum absolute atomic E-state index is 0.0311. The van der Waals surface area contributed by atoms with E-state index in [1.807, 2.05) is 27.7 Å². The summed E-state index contributed by atoms with van der Waals surface area (Å²) in [4.78, 5) is 71.8. The zero-order chi connectivity index (χ0) is 38.2. The minimum atomic E-state index is -1.02. The van der Waals surface area contributed by atoms with Gasteiger partial charge in [-0.2, -0.15) is 0 Å². The molecule has 0 saturated carbocycles. The van der Waals surface area contributed by atoms with Crippen LogP contribution in [0.25, 0.3) is 11.5 Å². The molecular formula is C37H48FN7O7. The van der Waals surface area contributed by atoms with Crippen LogP contribution in [0.2, 0.25) is 0 Å². The number of hydrogen-bond donors (Lipinski definition) is 4. The maximum absolute atomic E-state index is 13.8. The summed E-state index contributed by atoms with van der Waals surface area (Å²) in [5.74, 6) is -3.50. The highest BCUT2D eigenvalue weighted by molar-refractivity contribution is 6.00. The second kappa shape index (κ2) is 17.3. The van der Waals surface area contributed by atoms with Crippen molar-refractivity contribution >= 4 is 29.4 Å². The van der Waals surface area contributed by atoms with Crippen LogP contribution >= 0.6 is 0 Å². The van der Waals surface area contributed by atoms with Crippen molar-refractivity contribution in [1.29, 1.82) is 0 Å². The summed E-state index contributed by atoms with van der Waals surface area (Å²) in [5.41, 5.74) is 0.0364. The molecule has 0 unspecified atom stereocenters. The Kier molecular flexibility index (Phi) is 13.2. The molecule has 3 atom stereocenters. The number of pyridine rings is 1. The average Bonchev–Trinajstić information content (AvgIpc) is 3.79. The van der Waals surface area contributed by atoms with Gasteiger partial charge in [0.1, 0.15) is 29.3 Å². The summed E-state index contributed by atoms with van der Waals surface area (Å²) < 4.78 is 18.9. The van der Waals surface area contributed by atoms with E-state index in [0.29, 0.717) is 44.2 Å². The van der Waals surface area contributed by atoms with Crippen LogP contribution in [-0.2, 0) is 14.4 Å². The molecule has 1 aliphatic rings. The molecule has 0 aliphatic carbocycles. The summed E-state index contributed by atoms with van der Waals surface area (Å²) in [6.45, 7) is 11.2. The van der Waals surface area contributed by atoms with Crippen LogP contribution in [0.3, 0.4) is 0 Å². The molecule has 1 fully saturated rings. The van der Waals surface area contributed by atoms with Crippen molar-refractivity contribution in [1.82, 2.24) is 36.0 Å². The number of carbonyl (C=O) groups excluding carboxylic acids is 5. The Morgan fingerprint density at radius 2 is 1.65 bits per heavy atom. The number of benzene rings is 1. The predicted octanol–water partition coefficient (Wildman–Crippen LogP) is 4.20. The van der Waals surface area contributed by atoms with Gasteiger partial charge in [0.2, 0.25) is 29.4 Å². The molecular weight excluding hydrogens is 673 g/mol. The largest absolute Gasteiger partial charge is 0.506 e. The van der Waals surface area contributed by atoms with Crippen LogP contribution < -0.4 is 16.0 Å². The topological polar surface area (TPSA) is 197 Å². The van der Waals surface area contributed by atoms with Crippen molar-refractivity contribution in [3.63, 3.8) is 0 Å². The molecule has 1 aliphatic heterocycles. The van der Waals surface area contributed by atoms with Crippen molar-refractivity contribution in [3.05, 3.63) is 60.0 Å². The van der Waals surface area contributed by atoms with Gasteiger partial charge < -0.3 is 30.4 Å². The first-order valence-corrected chi connectivity index (χ1v) is 17.6. The molecule has 280 valence electrons. The fourth-order valence-corrected chi connectivity index (χ4v) is 6.00. The maximum atomic E-state index is 13.8. The summed E-state index contributed by atoms with van der Waals surface area (Å²) in [6, 6.07) is 5.46. The third-order valence-electron chi connectivity index (χ3n) is 8.95. The Bertz CT molecular complexity index is 1720. The monoisotopic (exact) mass is 721 g/mol. The van der Waals surface area contributed by atoms with Crippen molar-refractivity contribution in [2.24, 2.45) is 11.8 Å². The van der Waals surface area contributed by atoms with Crippen LogP contribution in [0.4, 0.5) is 4.39 Å². The first-order chi connectivity index (χ1) is 24.6. The van der Waals surface area contributed by atoms with Gasteiger partial charge in [-0.3, -0.25) is 24.0 Å². The lowest BCUT2D eigenvalue weighted by Crippen LogP contribution is -2.57. The van der Waals surface area contributed by atoms with E-state index in [1.165, 1.54) is 47.5 Å². The second-order valence-electron chi connectivity index (χ2n) is 14.4. The van der Waals surface area contributed by atoms with E-state index in [-0.39, 0.29) is 59.2 Å². The fraction of sp³-hybridized carbons (Fsp3) is 0.514. The molecule has 3 heterocycles. The Labute approximate surface area is 302 Å². The molecule has 52 heavy (non-hydrogen) atoms. The van der Waals surface area contributed by atoms with Crippen molar-refractivity contribution in [3.8, 4) is 17.2 Å². The highest BCUT2D eigenvalue weighted by Crippen LogP contribution is 2.23. The van der Waals surface area contributed by atoms with Crippen molar-refractivity contribution in [2.45, 2.75) is 104 Å². The summed E-state index contributed by atoms with van der Waals surface area (Å²) >= 11 is 0. The lowest BCUT2D eigenvalue weighted by Gasteiger charge is -2.31. The number of rotatable bonds is 16. The van der Waals surface area contributed by atoms with Crippen LogP contribution in [-0.4, -0.2) is 84.8 Å². The number of hydrogen-bond acceptors (Lipinski definition) is 10. The molecule has 14 nitrogen and oxygen atoms in total. The Balaban J connectivity index is 1.30. The molecule has 3 aromatic rings. The van der Waals surface area contributed by atoms with E-state index in [1.54, 1.807) is 13.8 Å². The van der Waals surface area contributed by atoms with Gasteiger partial charge in [0.15, 0.2) is 0 Å². The number of amides is 4. The normalized spacial score (nSPS) is 15.7. The van der Waals surface area contributed by atoms with Crippen LogP contribution in [0.1, 0.15) is 101 Å². The van der Waals surface area contributed by atoms with Gasteiger partial charge in [-0.15, -0.1) is 10.2 Å². The van der Waals surface area contributed by atoms with E-state index in [4.69, 9.17) is 4.42 Å². The number of carbonyl (C=O) groups is 5. The number of nitrogens with one attached hydrogen (secondary N) is 3. The fourth-order valence-electron chi connectivity index (χ4n) is 6.00. The maximum Gasteiger partial charge on any atom is 0.286 e. The van der Waals surface area contributed by atoms with E-state index < -0.39 is 41.2 Å².